The third kappa shape index (κ3) is 4.30. The lowest BCUT2D eigenvalue weighted by atomic mass is 10.4. The molecule has 1 rings (SSSR count). The van der Waals surface area contributed by atoms with Gasteiger partial charge in [-0.2, -0.15) is 0 Å². The number of urea groups is 1. The fourth-order valence-corrected chi connectivity index (χ4v) is 0.985. The van der Waals surface area contributed by atoms with E-state index in [1.54, 1.807) is 20.3 Å². The molecule has 0 aliphatic rings. The lowest BCUT2D eigenvalue weighted by molar-refractivity contribution is 0.218. The number of anilines is 1. The quantitative estimate of drug-likeness (QED) is 0.718. The lowest BCUT2D eigenvalue weighted by Gasteiger charge is -2.12. The van der Waals surface area contributed by atoms with Crippen molar-refractivity contribution in [1.82, 2.24) is 15.2 Å². The predicted molar refractivity (Wildman–Crippen MR) is 59.8 cm³/mol. The third-order valence-corrected chi connectivity index (χ3v) is 1.78. The van der Waals surface area contributed by atoms with Crippen LogP contribution in [0.5, 0.6) is 0 Å². The number of aromatic nitrogens is 1. The summed E-state index contributed by atoms with van der Waals surface area (Å²) in [4.78, 5) is 16.7. The second-order valence-corrected chi connectivity index (χ2v) is 3.27. The standard InChI is InChI=1S/C10H16N4O/c1-14(2)10(15)13-8-7-12-9-5-3-4-6-11-9/h3-6H,7-8H2,1-2H3,(H,11,12)(H,13,15). The average Bonchev–Trinajstić information content (AvgIpc) is 2.25. The van der Waals surface area contributed by atoms with Crippen LogP contribution in [0.3, 0.4) is 0 Å². The summed E-state index contributed by atoms with van der Waals surface area (Å²) >= 11 is 0. The van der Waals surface area contributed by atoms with Gasteiger partial charge in [0.25, 0.3) is 0 Å². The highest BCUT2D eigenvalue weighted by molar-refractivity contribution is 5.73. The highest BCUT2D eigenvalue weighted by atomic mass is 16.2. The zero-order valence-corrected chi connectivity index (χ0v) is 9.03. The highest BCUT2D eigenvalue weighted by Crippen LogP contribution is 1.97. The summed E-state index contributed by atoms with van der Waals surface area (Å²) in [7, 11) is 3.42. The van der Waals surface area contributed by atoms with Crippen LogP contribution < -0.4 is 10.6 Å². The fourth-order valence-electron chi connectivity index (χ4n) is 0.985. The summed E-state index contributed by atoms with van der Waals surface area (Å²) in [5.41, 5.74) is 0. The molecule has 1 aromatic heterocycles. The van der Waals surface area contributed by atoms with Crippen LogP contribution in [-0.2, 0) is 0 Å². The molecular weight excluding hydrogens is 192 g/mol. The Balaban J connectivity index is 2.15. The molecule has 0 bridgehead atoms. The first kappa shape index (κ1) is 11.3. The van der Waals surface area contributed by atoms with Crippen molar-refractivity contribution < 1.29 is 4.79 Å². The Kier molecular flexibility index (Phi) is 4.40. The van der Waals surface area contributed by atoms with E-state index >= 15 is 0 Å². The van der Waals surface area contributed by atoms with Gasteiger partial charge in [0, 0.05) is 33.4 Å². The van der Waals surface area contributed by atoms with E-state index in [1.807, 2.05) is 18.2 Å². The number of amides is 2. The topological polar surface area (TPSA) is 57.3 Å². The average molecular weight is 208 g/mol. The van der Waals surface area contributed by atoms with Crippen LogP contribution in [0, 0.1) is 0 Å². The van der Waals surface area contributed by atoms with Gasteiger partial charge in [0.05, 0.1) is 0 Å². The summed E-state index contributed by atoms with van der Waals surface area (Å²) in [6.07, 6.45) is 1.72. The molecule has 0 aromatic carbocycles. The van der Waals surface area contributed by atoms with Crippen LogP contribution in [-0.4, -0.2) is 43.1 Å². The van der Waals surface area contributed by atoms with Crippen LogP contribution in [0.25, 0.3) is 0 Å². The maximum atomic E-state index is 11.1. The van der Waals surface area contributed by atoms with Gasteiger partial charge in [-0.15, -0.1) is 0 Å². The Morgan fingerprint density at radius 2 is 2.20 bits per heavy atom. The minimum atomic E-state index is -0.0854. The second-order valence-electron chi connectivity index (χ2n) is 3.27. The van der Waals surface area contributed by atoms with Crippen molar-refractivity contribution in [2.45, 2.75) is 0 Å². The van der Waals surface area contributed by atoms with Crippen molar-refractivity contribution in [2.24, 2.45) is 0 Å². The number of nitrogens with one attached hydrogen (secondary N) is 2. The van der Waals surface area contributed by atoms with E-state index in [-0.39, 0.29) is 6.03 Å². The van der Waals surface area contributed by atoms with Gasteiger partial charge in [-0.25, -0.2) is 9.78 Å². The predicted octanol–water partition coefficient (Wildman–Crippen LogP) is 0.765. The maximum Gasteiger partial charge on any atom is 0.316 e. The number of hydrogen-bond acceptors (Lipinski definition) is 3. The monoisotopic (exact) mass is 208 g/mol. The molecule has 0 aliphatic heterocycles. The Bertz CT molecular complexity index is 300. The molecule has 0 unspecified atom stereocenters. The molecule has 5 heteroatoms. The maximum absolute atomic E-state index is 11.1. The minimum absolute atomic E-state index is 0.0854. The van der Waals surface area contributed by atoms with E-state index in [9.17, 15) is 4.79 Å². The van der Waals surface area contributed by atoms with Crippen LogP contribution in [0.15, 0.2) is 24.4 Å². The second kappa shape index (κ2) is 5.85. The molecule has 15 heavy (non-hydrogen) atoms. The highest BCUT2D eigenvalue weighted by Gasteiger charge is 2.00. The molecule has 5 nitrogen and oxygen atoms in total. The number of carbonyl (C=O) groups excluding carboxylic acids is 1. The van der Waals surface area contributed by atoms with E-state index in [1.165, 1.54) is 4.90 Å². The van der Waals surface area contributed by atoms with E-state index in [4.69, 9.17) is 0 Å². The molecule has 2 N–H and O–H groups in total. The molecule has 2 amide bonds. The van der Waals surface area contributed by atoms with Gasteiger partial charge in [-0.3, -0.25) is 0 Å². The SMILES string of the molecule is CN(C)C(=O)NCCNc1ccccn1. The first-order valence-electron chi connectivity index (χ1n) is 4.80. The van der Waals surface area contributed by atoms with Gasteiger partial charge in [0.15, 0.2) is 0 Å². The Hall–Kier alpha value is -1.78. The smallest absolute Gasteiger partial charge is 0.316 e. The fraction of sp³-hybridized carbons (Fsp3) is 0.400. The molecule has 0 saturated carbocycles. The van der Waals surface area contributed by atoms with Crippen molar-refractivity contribution >= 4 is 11.8 Å². The Labute approximate surface area is 89.5 Å². The molecule has 1 aromatic rings. The molecule has 0 spiro atoms. The molecule has 0 aliphatic carbocycles. The number of carbonyl (C=O) groups is 1. The van der Waals surface area contributed by atoms with Crippen LogP contribution in [0.1, 0.15) is 0 Å². The molecule has 0 saturated heterocycles. The van der Waals surface area contributed by atoms with Gasteiger partial charge < -0.3 is 15.5 Å². The van der Waals surface area contributed by atoms with Gasteiger partial charge >= 0.3 is 6.03 Å². The molecule has 82 valence electrons. The minimum Gasteiger partial charge on any atom is -0.368 e. The number of pyridine rings is 1. The molecular formula is C10H16N4O. The van der Waals surface area contributed by atoms with Crippen molar-refractivity contribution in [3.8, 4) is 0 Å². The Morgan fingerprint density at radius 3 is 2.80 bits per heavy atom. The largest absolute Gasteiger partial charge is 0.368 e. The van der Waals surface area contributed by atoms with Crippen molar-refractivity contribution in [2.75, 3.05) is 32.5 Å². The van der Waals surface area contributed by atoms with Gasteiger partial charge in [0.1, 0.15) is 5.82 Å². The normalized spacial score (nSPS) is 9.47. The Morgan fingerprint density at radius 1 is 1.40 bits per heavy atom. The van der Waals surface area contributed by atoms with E-state index < -0.39 is 0 Å². The summed E-state index contributed by atoms with van der Waals surface area (Å²) < 4.78 is 0. The molecule has 0 radical (unpaired) electrons. The zero-order chi connectivity index (χ0) is 11.1. The zero-order valence-electron chi connectivity index (χ0n) is 9.03. The van der Waals surface area contributed by atoms with Gasteiger partial charge in [-0.1, -0.05) is 6.07 Å². The lowest BCUT2D eigenvalue weighted by Crippen LogP contribution is -2.37. The third-order valence-electron chi connectivity index (χ3n) is 1.78. The van der Waals surface area contributed by atoms with Crippen LogP contribution >= 0.6 is 0 Å². The van der Waals surface area contributed by atoms with Crippen molar-refractivity contribution in [3.63, 3.8) is 0 Å². The van der Waals surface area contributed by atoms with Crippen LogP contribution in [0.2, 0.25) is 0 Å². The summed E-state index contributed by atoms with van der Waals surface area (Å²) in [5, 5.41) is 5.84. The molecule has 0 atom stereocenters. The van der Waals surface area contributed by atoms with Gasteiger partial charge in [-0.05, 0) is 12.1 Å². The molecule has 0 fully saturated rings. The van der Waals surface area contributed by atoms with Gasteiger partial charge in [0.2, 0.25) is 0 Å². The van der Waals surface area contributed by atoms with Crippen molar-refractivity contribution in [3.05, 3.63) is 24.4 Å². The van der Waals surface area contributed by atoms with Crippen LogP contribution in [0.4, 0.5) is 10.6 Å². The summed E-state index contributed by atoms with van der Waals surface area (Å²) in [6.45, 7) is 1.24. The van der Waals surface area contributed by atoms with E-state index in [0.29, 0.717) is 13.1 Å². The van der Waals surface area contributed by atoms with Crippen molar-refractivity contribution in [1.29, 1.82) is 0 Å². The summed E-state index contributed by atoms with van der Waals surface area (Å²) in [6, 6.07) is 5.57. The summed E-state index contributed by atoms with van der Waals surface area (Å²) in [5.74, 6) is 0.816. The van der Waals surface area contributed by atoms with E-state index in [0.717, 1.165) is 5.82 Å². The molecule has 1 heterocycles. The first-order valence-corrected chi connectivity index (χ1v) is 4.80. The number of rotatable bonds is 4. The number of nitrogens with zero attached hydrogens (tertiary/aromatic N) is 2. The number of hydrogen-bond donors (Lipinski definition) is 2. The first-order chi connectivity index (χ1) is 7.20. The van der Waals surface area contributed by atoms with E-state index in [2.05, 4.69) is 15.6 Å².